The lowest BCUT2D eigenvalue weighted by atomic mass is 10.1. The fraction of sp³-hybridized carbons (Fsp3) is 0.462. The van der Waals surface area contributed by atoms with Crippen LogP contribution < -0.4 is 4.74 Å². The Morgan fingerprint density at radius 2 is 2.12 bits per heavy atom. The topological polar surface area (TPSA) is 66.8 Å². The van der Waals surface area contributed by atoms with Gasteiger partial charge in [0.25, 0.3) is 0 Å². The normalized spacial score (nSPS) is 10.5. The van der Waals surface area contributed by atoms with E-state index in [1.54, 1.807) is 12.1 Å². The van der Waals surface area contributed by atoms with Gasteiger partial charge in [-0.3, -0.25) is 4.79 Å². The van der Waals surface area contributed by atoms with Gasteiger partial charge in [-0.25, -0.2) is 0 Å². The molecule has 0 atom stereocenters. The number of hydrogen-bond acceptors (Lipinski definition) is 3. The number of aryl methyl sites for hydroxylation is 1. The van der Waals surface area contributed by atoms with E-state index in [1.165, 1.54) is 6.07 Å². The Morgan fingerprint density at radius 3 is 2.71 bits per heavy atom. The summed E-state index contributed by atoms with van der Waals surface area (Å²) in [6.07, 6.45) is 0.307. The molecule has 0 aliphatic heterocycles. The van der Waals surface area contributed by atoms with Crippen LogP contribution in [-0.2, 0) is 11.2 Å². The van der Waals surface area contributed by atoms with Crippen LogP contribution in [0.1, 0.15) is 25.8 Å². The van der Waals surface area contributed by atoms with E-state index in [0.717, 1.165) is 0 Å². The van der Waals surface area contributed by atoms with Gasteiger partial charge in [0.1, 0.15) is 11.5 Å². The maximum Gasteiger partial charge on any atom is 0.303 e. The second-order valence-corrected chi connectivity index (χ2v) is 4.39. The van der Waals surface area contributed by atoms with Crippen LogP contribution >= 0.6 is 0 Å². The summed E-state index contributed by atoms with van der Waals surface area (Å²) in [5.74, 6) is 0.323. The lowest BCUT2D eigenvalue weighted by Gasteiger charge is -2.10. The SMILES string of the molecule is CC(C)COc1ccc(O)c(CCC(=O)O)c1. The molecule has 94 valence electrons. The van der Waals surface area contributed by atoms with E-state index in [9.17, 15) is 9.90 Å². The zero-order valence-corrected chi connectivity index (χ0v) is 10.1. The molecule has 0 radical (unpaired) electrons. The summed E-state index contributed by atoms with van der Waals surface area (Å²) >= 11 is 0. The van der Waals surface area contributed by atoms with Crippen molar-refractivity contribution in [3.63, 3.8) is 0 Å². The van der Waals surface area contributed by atoms with Crippen molar-refractivity contribution in [1.29, 1.82) is 0 Å². The molecule has 0 aliphatic carbocycles. The molecule has 0 aromatic heterocycles. The van der Waals surface area contributed by atoms with E-state index < -0.39 is 5.97 Å². The lowest BCUT2D eigenvalue weighted by Crippen LogP contribution is -2.05. The summed E-state index contributed by atoms with van der Waals surface area (Å²) in [6.45, 7) is 4.70. The van der Waals surface area contributed by atoms with Crippen molar-refractivity contribution in [1.82, 2.24) is 0 Å². The maximum absolute atomic E-state index is 10.5. The maximum atomic E-state index is 10.5. The predicted molar refractivity (Wildman–Crippen MR) is 64.4 cm³/mol. The summed E-state index contributed by atoms with van der Waals surface area (Å²) in [7, 11) is 0. The third kappa shape index (κ3) is 4.76. The van der Waals surface area contributed by atoms with Crippen LogP contribution in [-0.4, -0.2) is 22.8 Å². The summed E-state index contributed by atoms with van der Waals surface area (Å²) in [5, 5.41) is 18.2. The van der Waals surface area contributed by atoms with Crippen LogP contribution in [0, 0.1) is 5.92 Å². The lowest BCUT2D eigenvalue weighted by molar-refractivity contribution is -0.136. The van der Waals surface area contributed by atoms with E-state index in [0.29, 0.717) is 30.3 Å². The van der Waals surface area contributed by atoms with Crippen molar-refractivity contribution in [2.75, 3.05) is 6.61 Å². The van der Waals surface area contributed by atoms with E-state index in [1.807, 2.05) is 13.8 Å². The molecule has 17 heavy (non-hydrogen) atoms. The smallest absolute Gasteiger partial charge is 0.303 e. The number of hydrogen-bond donors (Lipinski definition) is 2. The first-order valence-electron chi connectivity index (χ1n) is 5.65. The highest BCUT2D eigenvalue weighted by Gasteiger charge is 2.06. The quantitative estimate of drug-likeness (QED) is 0.798. The van der Waals surface area contributed by atoms with Gasteiger partial charge in [-0.15, -0.1) is 0 Å². The highest BCUT2D eigenvalue weighted by molar-refractivity contribution is 5.67. The molecule has 1 aromatic carbocycles. The minimum Gasteiger partial charge on any atom is -0.508 e. The van der Waals surface area contributed by atoms with Crippen LogP contribution in [0.3, 0.4) is 0 Å². The van der Waals surface area contributed by atoms with Crippen molar-refractivity contribution in [3.05, 3.63) is 23.8 Å². The Bertz CT molecular complexity index is 385. The van der Waals surface area contributed by atoms with Crippen molar-refractivity contribution < 1.29 is 19.7 Å². The third-order valence-electron chi connectivity index (χ3n) is 2.24. The third-order valence-corrected chi connectivity index (χ3v) is 2.24. The first kappa shape index (κ1) is 13.4. The van der Waals surface area contributed by atoms with Crippen LogP contribution in [0.2, 0.25) is 0 Å². The highest BCUT2D eigenvalue weighted by atomic mass is 16.5. The Morgan fingerprint density at radius 1 is 1.41 bits per heavy atom. The van der Waals surface area contributed by atoms with Gasteiger partial charge < -0.3 is 14.9 Å². The van der Waals surface area contributed by atoms with E-state index in [4.69, 9.17) is 9.84 Å². The Hall–Kier alpha value is -1.71. The fourth-order valence-corrected chi connectivity index (χ4v) is 1.36. The number of carboxylic acids is 1. The molecule has 0 bridgehead atoms. The van der Waals surface area contributed by atoms with Crippen LogP contribution in [0.15, 0.2) is 18.2 Å². The molecular weight excluding hydrogens is 220 g/mol. The van der Waals surface area contributed by atoms with Gasteiger partial charge in [-0.05, 0) is 36.1 Å². The van der Waals surface area contributed by atoms with Crippen molar-refractivity contribution >= 4 is 5.97 Å². The van der Waals surface area contributed by atoms with E-state index >= 15 is 0 Å². The zero-order chi connectivity index (χ0) is 12.8. The van der Waals surface area contributed by atoms with Gasteiger partial charge in [0.05, 0.1) is 6.61 Å². The molecule has 0 unspecified atom stereocenters. The minimum absolute atomic E-state index is 0.00118. The molecular formula is C13H18O4. The molecule has 0 saturated carbocycles. The van der Waals surface area contributed by atoms with Gasteiger partial charge in [0.2, 0.25) is 0 Å². The first-order chi connectivity index (χ1) is 7.99. The average molecular weight is 238 g/mol. The monoisotopic (exact) mass is 238 g/mol. The molecule has 0 spiro atoms. The molecule has 0 fully saturated rings. The summed E-state index contributed by atoms with van der Waals surface area (Å²) in [5.41, 5.74) is 0.605. The molecule has 1 rings (SSSR count). The molecule has 4 nitrogen and oxygen atoms in total. The molecule has 0 heterocycles. The Kier molecular flexibility index (Phi) is 4.82. The Labute approximate surface area is 101 Å². The summed E-state index contributed by atoms with van der Waals surface area (Å²) in [6, 6.07) is 4.91. The van der Waals surface area contributed by atoms with Gasteiger partial charge in [0.15, 0.2) is 0 Å². The number of rotatable bonds is 6. The van der Waals surface area contributed by atoms with Crippen LogP contribution in [0.25, 0.3) is 0 Å². The molecule has 0 amide bonds. The number of aromatic hydroxyl groups is 1. The van der Waals surface area contributed by atoms with Crippen LogP contribution in [0.4, 0.5) is 0 Å². The number of phenolic OH excluding ortho intramolecular Hbond substituents is 1. The number of ether oxygens (including phenoxy) is 1. The molecule has 1 aromatic rings. The first-order valence-corrected chi connectivity index (χ1v) is 5.65. The number of aliphatic carboxylic acids is 1. The minimum atomic E-state index is -0.877. The van der Waals surface area contributed by atoms with Crippen molar-refractivity contribution in [2.24, 2.45) is 5.92 Å². The van der Waals surface area contributed by atoms with Gasteiger partial charge in [0, 0.05) is 6.42 Å². The second-order valence-electron chi connectivity index (χ2n) is 4.39. The number of carbonyl (C=O) groups is 1. The van der Waals surface area contributed by atoms with Crippen molar-refractivity contribution in [2.45, 2.75) is 26.7 Å². The number of phenols is 1. The standard InChI is InChI=1S/C13H18O4/c1-9(2)8-17-11-4-5-12(14)10(7-11)3-6-13(15)16/h4-5,7,9,14H,3,6,8H2,1-2H3,(H,15,16). The van der Waals surface area contributed by atoms with Gasteiger partial charge in [-0.2, -0.15) is 0 Å². The number of carboxylic acid groups (broad SMARTS) is 1. The average Bonchev–Trinajstić information content (AvgIpc) is 2.26. The molecule has 2 N–H and O–H groups in total. The summed E-state index contributed by atoms with van der Waals surface area (Å²) in [4.78, 5) is 10.5. The second kappa shape index (κ2) is 6.13. The highest BCUT2D eigenvalue weighted by Crippen LogP contribution is 2.24. The molecule has 0 aliphatic rings. The van der Waals surface area contributed by atoms with E-state index in [2.05, 4.69) is 0 Å². The summed E-state index contributed by atoms with van der Waals surface area (Å²) < 4.78 is 5.51. The van der Waals surface area contributed by atoms with Gasteiger partial charge >= 0.3 is 5.97 Å². The fourth-order valence-electron chi connectivity index (χ4n) is 1.36. The zero-order valence-electron chi connectivity index (χ0n) is 10.1. The largest absolute Gasteiger partial charge is 0.508 e. The van der Waals surface area contributed by atoms with Gasteiger partial charge in [-0.1, -0.05) is 13.8 Å². The predicted octanol–water partition coefficient (Wildman–Crippen LogP) is 2.44. The molecule has 0 saturated heterocycles. The van der Waals surface area contributed by atoms with Crippen molar-refractivity contribution in [3.8, 4) is 11.5 Å². The van der Waals surface area contributed by atoms with E-state index in [-0.39, 0.29) is 12.2 Å². The Balaban J connectivity index is 2.68. The number of benzene rings is 1. The van der Waals surface area contributed by atoms with Crippen LogP contribution in [0.5, 0.6) is 11.5 Å². The molecule has 4 heteroatoms.